The molecule has 1 N–H and O–H groups in total. The number of nitrogens with one attached hydrogen (secondary N) is 1. The van der Waals surface area contributed by atoms with Crippen LogP contribution in [0.3, 0.4) is 0 Å². The van der Waals surface area contributed by atoms with E-state index in [0.29, 0.717) is 19.6 Å². The van der Waals surface area contributed by atoms with Crippen molar-refractivity contribution in [3.8, 4) is 0 Å². The molecule has 4 nitrogen and oxygen atoms in total. The molecule has 2 aromatic rings. The molecule has 0 unspecified atom stereocenters. The van der Waals surface area contributed by atoms with Crippen molar-refractivity contribution in [1.82, 2.24) is 10.2 Å². The van der Waals surface area contributed by atoms with Crippen LogP contribution < -0.4 is 5.32 Å². The Morgan fingerprint density at radius 2 is 2.12 bits per heavy atom. The van der Waals surface area contributed by atoms with E-state index in [1.807, 2.05) is 6.07 Å². The quantitative estimate of drug-likeness (QED) is 0.827. The molecular formula is C20H26N2O2S. The van der Waals surface area contributed by atoms with Gasteiger partial charge in [-0.2, -0.15) is 0 Å². The van der Waals surface area contributed by atoms with E-state index in [-0.39, 0.29) is 12.0 Å². The second-order valence-corrected chi connectivity index (χ2v) is 7.90. The molecule has 0 spiro atoms. The van der Waals surface area contributed by atoms with Crippen LogP contribution >= 0.6 is 11.3 Å². The molecule has 3 rings (SSSR count). The van der Waals surface area contributed by atoms with E-state index in [0.717, 1.165) is 26.1 Å². The van der Waals surface area contributed by atoms with E-state index in [4.69, 9.17) is 4.74 Å². The Kier molecular flexibility index (Phi) is 6.62. The number of morpholine rings is 1. The largest absolute Gasteiger partial charge is 0.375 e. The Bertz CT molecular complexity index is 671. The zero-order valence-electron chi connectivity index (χ0n) is 14.7. The zero-order valence-corrected chi connectivity index (χ0v) is 15.6. The molecule has 1 aromatic heterocycles. The first kappa shape index (κ1) is 18.1. The average molecular weight is 359 g/mol. The minimum atomic E-state index is -0.0126. The van der Waals surface area contributed by atoms with Crippen LogP contribution in [-0.4, -0.2) is 43.2 Å². The molecule has 2 heterocycles. The molecule has 5 heteroatoms. The molecule has 1 fully saturated rings. The maximum Gasteiger partial charge on any atom is 0.222 e. The van der Waals surface area contributed by atoms with Gasteiger partial charge in [0.05, 0.1) is 19.1 Å². The second kappa shape index (κ2) is 9.13. The number of thiophene rings is 1. The number of rotatable bonds is 7. The lowest BCUT2D eigenvalue weighted by atomic mass is 10.1. The van der Waals surface area contributed by atoms with Gasteiger partial charge < -0.3 is 10.1 Å². The Hall–Kier alpha value is -1.69. The first-order chi connectivity index (χ1) is 12.2. The third-order valence-corrected chi connectivity index (χ3v) is 5.44. The van der Waals surface area contributed by atoms with Gasteiger partial charge in [-0.15, -0.1) is 11.3 Å². The van der Waals surface area contributed by atoms with Crippen molar-refractivity contribution in [3.05, 3.63) is 57.8 Å². The van der Waals surface area contributed by atoms with Crippen LogP contribution in [0.2, 0.25) is 0 Å². The molecule has 1 saturated heterocycles. The van der Waals surface area contributed by atoms with E-state index in [1.165, 1.54) is 15.3 Å². The maximum atomic E-state index is 12.2. The summed E-state index contributed by atoms with van der Waals surface area (Å²) in [6, 6.07) is 14.7. The third-order valence-electron chi connectivity index (χ3n) is 4.37. The van der Waals surface area contributed by atoms with Crippen molar-refractivity contribution in [2.24, 2.45) is 0 Å². The molecule has 0 bridgehead atoms. The average Bonchev–Trinajstić information content (AvgIpc) is 3.01. The maximum absolute atomic E-state index is 12.2. The van der Waals surface area contributed by atoms with Crippen molar-refractivity contribution in [3.63, 3.8) is 0 Å². The number of hydrogen-bond acceptors (Lipinski definition) is 4. The van der Waals surface area contributed by atoms with Crippen molar-refractivity contribution in [2.45, 2.75) is 32.4 Å². The molecule has 0 radical (unpaired) electrons. The first-order valence-corrected chi connectivity index (χ1v) is 9.70. The molecule has 1 atom stereocenters. The highest BCUT2D eigenvalue weighted by atomic mass is 32.1. The van der Waals surface area contributed by atoms with Crippen LogP contribution in [0.5, 0.6) is 0 Å². The number of carbonyl (C=O) groups is 1. The standard InChI is InChI=1S/C20H26N2O2S/c1-16-7-8-19(25-16)9-10-21-20(23)13-18-15-22(11-12-24-18)14-17-5-3-2-4-6-17/h2-8,18H,9-15H2,1H3,(H,21,23)/t18-/m0/s1. The number of benzene rings is 1. The minimum absolute atomic E-state index is 0.0126. The number of carbonyl (C=O) groups excluding carboxylic acids is 1. The van der Waals surface area contributed by atoms with Crippen LogP contribution in [0, 0.1) is 6.92 Å². The lowest BCUT2D eigenvalue weighted by Crippen LogP contribution is -2.44. The fourth-order valence-corrected chi connectivity index (χ4v) is 4.00. The van der Waals surface area contributed by atoms with Crippen LogP contribution in [0.25, 0.3) is 0 Å². The molecule has 1 aliphatic heterocycles. The predicted octanol–water partition coefficient (Wildman–Crippen LogP) is 3.01. The zero-order chi connectivity index (χ0) is 17.5. The van der Waals surface area contributed by atoms with Gasteiger partial charge in [0.25, 0.3) is 0 Å². The van der Waals surface area contributed by atoms with E-state index in [2.05, 4.69) is 53.5 Å². The van der Waals surface area contributed by atoms with Gasteiger partial charge in [-0.3, -0.25) is 9.69 Å². The van der Waals surface area contributed by atoms with Crippen LogP contribution in [0.15, 0.2) is 42.5 Å². The van der Waals surface area contributed by atoms with Gasteiger partial charge in [0.2, 0.25) is 5.91 Å². The van der Waals surface area contributed by atoms with Crippen molar-refractivity contribution in [2.75, 3.05) is 26.2 Å². The molecular weight excluding hydrogens is 332 g/mol. The summed E-state index contributed by atoms with van der Waals surface area (Å²) in [5.41, 5.74) is 1.30. The van der Waals surface area contributed by atoms with Crippen LogP contribution in [0.1, 0.15) is 21.7 Å². The van der Waals surface area contributed by atoms with E-state index in [1.54, 1.807) is 11.3 Å². The van der Waals surface area contributed by atoms with Gasteiger partial charge in [0.1, 0.15) is 0 Å². The van der Waals surface area contributed by atoms with E-state index >= 15 is 0 Å². The first-order valence-electron chi connectivity index (χ1n) is 8.89. The summed E-state index contributed by atoms with van der Waals surface area (Å²) < 4.78 is 5.78. The lowest BCUT2D eigenvalue weighted by molar-refractivity contribution is -0.126. The number of nitrogens with zero attached hydrogens (tertiary/aromatic N) is 1. The summed E-state index contributed by atoms with van der Waals surface area (Å²) in [5.74, 6) is 0.0832. The monoisotopic (exact) mass is 358 g/mol. The minimum Gasteiger partial charge on any atom is -0.375 e. The molecule has 134 valence electrons. The summed E-state index contributed by atoms with van der Waals surface area (Å²) in [5, 5.41) is 3.02. The van der Waals surface area contributed by atoms with Crippen molar-refractivity contribution >= 4 is 17.2 Å². The van der Waals surface area contributed by atoms with Gasteiger partial charge in [-0.1, -0.05) is 30.3 Å². The highest BCUT2D eigenvalue weighted by Gasteiger charge is 2.22. The van der Waals surface area contributed by atoms with E-state index in [9.17, 15) is 4.79 Å². The Morgan fingerprint density at radius 3 is 2.88 bits per heavy atom. The number of ether oxygens (including phenoxy) is 1. The van der Waals surface area contributed by atoms with Crippen LogP contribution in [0.4, 0.5) is 0 Å². The summed E-state index contributed by atoms with van der Waals surface area (Å²) >= 11 is 1.79. The second-order valence-electron chi connectivity index (χ2n) is 6.53. The highest BCUT2D eigenvalue weighted by Crippen LogP contribution is 2.15. The molecule has 1 aliphatic rings. The van der Waals surface area contributed by atoms with Crippen LogP contribution in [-0.2, 0) is 22.5 Å². The third kappa shape index (κ3) is 5.96. The molecule has 0 saturated carbocycles. The Labute approximate surface area is 153 Å². The highest BCUT2D eigenvalue weighted by molar-refractivity contribution is 7.11. The summed E-state index contributed by atoms with van der Waals surface area (Å²) in [6.07, 6.45) is 1.33. The summed E-state index contributed by atoms with van der Waals surface area (Å²) in [7, 11) is 0. The number of hydrogen-bond donors (Lipinski definition) is 1. The number of amides is 1. The Morgan fingerprint density at radius 1 is 1.28 bits per heavy atom. The molecule has 25 heavy (non-hydrogen) atoms. The Balaban J connectivity index is 1.38. The lowest BCUT2D eigenvalue weighted by Gasteiger charge is -2.32. The fourth-order valence-electron chi connectivity index (χ4n) is 3.11. The predicted molar refractivity (Wildman–Crippen MR) is 102 cm³/mol. The smallest absolute Gasteiger partial charge is 0.222 e. The SMILES string of the molecule is Cc1ccc(CCNC(=O)C[C@H]2CN(Cc3ccccc3)CCO2)s1. The van der Waals surface area contributed by atoms with Gasteiger partial charge in [-0.25, -0.2) is 0 Å². The topological polar surface area (TPSA) is 41.6 Å². The van der Waals surface area contributed by atoms with Gasteiger partial charge in [0, 0.05) is 35.9 Å². The number of aryl methyl sites for hydroxylation is 1. The van der Waals surface area contributed by atoms with E-state index < -0.39 is 0 Å². The molecule has 1 aromatic carbocycles. The molecule has 0 aliphatic carbocycles. The van der Waals surface area contributed by atoms with Gasteiger partial charge in [0.15, 0.2) is 0 Å². The normalized spacial score (nSPS) is 18.2. The summed E-state index contributed by atoms with van der Waals surface area (Å²) in [4.78, 5) is 17.2. The summed E-state index contributed by atoms with van der Waals surface area (Å²) in [6.45, 7) is 6.14. The van der Waals surface area contributed by atoms with Gasteiger partial charge >= 0.3 is 0 Å². The fraction of sp³-hybridized carbons (Fsp3) is 0.450. The van der Waals surface area contributed by atoms with Gasteiger partial charge in [-0.05, 0) is 31.0 Å². The molecule has 1 amide bonds. The van der Waals surface area contributed by atoms with Crippen molar-refractivity contribution in [1.29, 1.82) is 0 Å². The van der Waals surface area contributed by atoms with Crippen molar-refractivity contribution < 1.29 is 9.53 Å².